The van der Waals surface area contributed by atoms with Crippen LogP contribution in [-0.2, 0) is 0 Å². The van der Waals surface area contributed by atoms with Gasteiger partial charge in [-0.25, -0.2) is 0 Å². The van der Waals surface area contributed by atoms with Crippen molar-refractivity contribution in [2.75, 3.05) is 13.1 Å². The van der Waals surface area contributed by atoms with Gasteiger partial charge in [-0.15, -0.1) is 0 Å². The second-order valence-corrected chi connectivity index (χ2v) is 4.91. The van der Waals surface area contributed by atoms with Crippen molar-refractivity contribution in [2.45, 2.75) is 32.6 Å². The molecule has 0 aromatic carbocycles. The lowest BCUT2D eigenvalue weighted by Crippen LogP contribution is -2.26. The molecule has 2 heteroatoms. The summed E-state index contributed by atoms with van der Waals surface area (Å²) >= 11 is 5.59. The van der Waals surface area contributed by atoms with Gasteiger partial charge in [0, 0.05) is 18.6 Å². The molecule has 13 heavy (non-hydrogen) atoms. The van der Waals surface area contributed by atoms with Crippen LogP contribution in [0, 0.1) is 11.3 Å². The molecule has 2 saturated carbocycles. The fraction of sp³-hybridized carbons (Fsp3) is 0.818. The largest absolute Gasteiger partial charge is 0.312 e. The Labute approximate surface area is 85.5 Å². The van der Waals surface area contributed by atoms with Crippen molar-refractivity contribution >= 4 is 11.6 Å². The van der Waals surface area contributed by atoms with Crippen LogP contribution < -0.4 is 5.32 Å². The summed E-state index contributed by atoms with van der Waals surface area (Å²) in [5.41, 5.74) is 3.62. The normalized spacial score (nSPS) is 26.2. The van der Waals surface area contributed by atoms with Crippen molar-refractivity contribution in [1.29, 1.82) is 0 Å². The van der Waals surface area contributed by atoms with Crippen LogP contribution in [0.2, 0.25) is 0 Å². The first-order chi connectivity index (χ1) is 6.27. The van der Waals surface area contributed by atoms with Crippen LogP contribution >= 0.6 is 11.6 Å². The maximum absolute atomic E-state index is 5.59. The Hall–Kier alpha value is -0.0100. The number of rotatable bonds is 5. The quantitative estimate of drug-likeness (QED) is 0.718. The molecule has 0 bridgehead atoms. The Morgan fingerprint density at radius 2 is 2.23 bits per heavy atom. The maximum Gasteiger partial charge on any atom is 0.0173 e. The van der Waals surface area contributed by atoms with Gasteiger partial charge in [0.2, 0.25) is 0 Å². The first-order valence-electron chi connectivity index (χ1n) is 5.23. The molecule has 2 fully saturated rings. The van der Waals surface area contributed by atoms with Crippen LogP contribution in [0.5, 0.6) is 0 Å². The van der Waals surface area contributed by atoms with E-state index in [1.54, 1.807) is 5.54 Å². The van der Waals surface area contributed by atoms with Crippen molar-refractivity contribution in [3.63, 3.8) is 0 Å². The first kappa shape index (κ1) is 9.54. The molecule has 0 heterocycles. The van der Waals surface area contributed by atoms with Crippen molar-refractivity contribution in [1.82, 2.24) is 5.32 Å². The first-order valence-corrected chi connectivity index (χ1v) is 5.67. The predicted molar refractivity (Wildman–Crippen MR) is 56.9 cm³/mol. The zero-order chi connectivity index (χ0) is 9.31. The molecule has 2 aliphatic carbocycles. The third-order valence-electron chi connectivity index (χ3n) is 3.40. The standard InChI is InChI=1S/C11H18ClN/c1-9(6-12)7-13-8-11(4-5-11)10-2-3-10/h6,10,13H,2-5,7-8H2,1H3. The van der Waals surface area contributed by atoms with Gasteiger partial charge in [0.15, 0.2) is 0 Å². The van der Waals surface area contributed by atoms with Gasteiger partial charge in [-0.2, -0.15) is 0 Å². The molecule has 0 aromatic heterocycles. The summed E-state index contributed by atoms with van der Waals surface area (Å²) in [5.74, 6) is 1.06. The average molecular weight is 200 g/mol. The summed E-state index contributed by atoms with van der Waals surface area (Å²) in [6.45, 7) is 4.23. The number of halogens is 1. The van der Waals surface area contributed by atoms with Crippen LogP contribution in [0.4, 0.5) is 0 Å². The van der Waals surface area contributed by atoms with Gasteiger partial charge in [0.05, 0.1) is 0 Å². The van der Waals surface area contributed by atoms with Crippen LogP contribution in [0.3, 0.4) is 0 Å². The van der Waals surface area contributed by atoms with E-state index >= 15 is 0 Å². The van der Waals surface area contributed by atoms with Crippen LogP contribution in [0.15, 0.2) is 11.1 Å². The summed E-state index contributed by atoms with van der Waals surface area (Å²) in [7, 11) is 0. The zero-order valence-corrected chi connectivity index (χ0v) is 9.03. The zero-order valence-electron chi connectivity index (χ0n) is 8.28. The molecule has 0 unspecified atom stereocenters. The van der Waals surface area contributed by atoms with Crippen LogP contribution in [0.1, 0.15) is 32.6 Å². The monoisotopic (exact) mass is 199 g/mol. The van der Waals surface area contributed by atoms with Gasteiger partial charge >= 0.3 is 0 Å². The molecule has 0 amide bonds. The lowest BCUT2D eigenvalue weighted by atomic mass is 10.0. The molecule has 0 aromatic rings. The fourth-order valence-corrected chi connectivity index (χ4v) is 2.21. The van der Waals surface area contributed by atoms with E-state index in [1.807, 2.05) is 0 Å². The SMILES string of the molecule is CC(=CCl)CNCC1(C2CC2)CC1. The Kier molecular flexibility index (Phi) is 2.66. The molecule has 0 spiro atoms. The highest BCUT2D eigenvalue weighted by Crippen LogP contribution is 2.60. The van der Waals surface area contributed by atoms with E-state index in [-0.39, 0.29) is 0 Å². The third-order valence-corrected chi connectivity index (χ3v) is 3.78. The summed E-state index contributed by atoms with van der Waals surface area (Å²) in [6.07, 6.45) is 5.86. The molecular formula is C11H18ClN. The van der Waals surface area contributed by atoms with Crippen molar-refractivity contribution in [2.24, 2.45) is 11.3 Å². The Morgan fingerprint density at radius 1 is 1.54 bits per heavy atom. The Bertz CT molecular complexity index is 214. The minimum Gasteiger partial charge on any atom is -0.312 e. The number of hydrogen-bond acceptors (Lipinski definition) is 1. The fourth-order valence-electron chi connectivity index (χ4n) is 2.13. The molecule has 1 nitrogen and oxygen atoms in total. The molecule has 0 aliphatic heterocycles. The lowest BCUT2D eigenvalue weighted by molar-refractivity contribution is 0.411. The second kappa shape index (κ2) is 3.62. The molecule has 74 valence electrons. The van der Waals surface area contributed by atoms with E-state index in [4.69, 9.17) is 11.6 Å². The summed E-state index contributed by atoms with van der Waals surface area (Å²) in [4.78, 5) is 0. The molecule has 0 saturated heterocycles. The lowest BCUT2D eigenvalue weighted by Gasteiger charge is -2.14. The van der Waals surface area contributed by atoms with E-state index in [0.717, 1.165) is 12.5 Å². The average Bonchev–Trinajstić information content (AvgIpc) is 2.96. The highest BCUT2D eigenvalue weighted by molar-refractivity contribution is 6.25. The van der Waals surface area contributed by atoms with Crippen LogP contribution in [-0.4, -0.2) is 13.1 Å². The highest BCUT2D eigenvalue weighted by atomic mass is 35.5. The molecule has 1 N–H and O–H groups in total. The van der Waals surface area contributed by atoms with Gasteiger partial charge in [-0.05, 0) is 49.5 Å². The molecule has 2 aliphatic rings. The topological polar surface area (TPSA) is 12.0 Å². The highest BCUT2D eigenvalue weighted by Gasteiger charge is 2.52. The van der Waals surface area contributed by atoms with Gasteiger partial charge in [-0.1, -0.05) is 11.6 Å². The Balaban J connectivity index is 1.67. The minimum absolute atomic E-state index is 0.715. The van der Waals surface area contributed by atoms with Crippen LogP contribution in [0.25, 0.3) is 0 Å². The summed E-state index contributed by atoms with van der Waals surface area (Å²) < 4.78 is 0. The van der Waals surface area contributed by atoms with Crippen molar-refractivity contribution < 1.29 is 0 Å². The van der Waals surface area contributed by atoms with Crippen molar-refractivity contribution in [3.05, 3.63) is 11.1 Å². The number of hydrogen-bond donors (Lipinski definition) is 1. The smallest absolute Gasteiger partial charge is 0.0173 e. The molecule has 2 rings (SSSR count). The van der Waals surface area contributed by atoms with Gasteiger partial charge in [0.25, 0.3) is 0 Å². The molecule has 0 atom stereocenters. The predicted octanol–water partition coefficient (Wildman–Crippen LogP) is 2.91. The van der Waals surface area contributed by atoms with E-state index in [1.165, 1.54) is 37.8 Å². The van der Waals surface area contributed by atoms with E-state index in [9.17, 15) is 0 Å². The molecule has 0 radical (unpaired) electrons. The summed E-state index contributed by atoms with van der Waals surface area (Å²) in [6, 6.07) is 0. The van der Waals surface area contributed by atoms with E-state index in [0.29, 0.717) is 5.41 Å². The van der Waals surface area contributed by atoms with Gasteiger partial charge in [-0.3, -0.25) is 0 Å². The van der Waals surface area contributed by atoms with E-state index < -0.39 is 0 Å². The minimum atomic E-state index is 0.715. The second-order valence-electron chi connectivity index (χ2n) is 4.70. The third kappa shape index (κ3) is 2.26. The van der Waals surface area contributed by atoms with Gasteiger partial charge < -0.3 is 5.32 Å². The number of nitrogens with one attached hydrogen (secondary N) is 1. The Morgan fingerprint density at radius 3 is 2.69 bits per heavy atom. The maximum atomic E-state index is 5.59. The van der Waals surface area contributed by atoms with Gasteiger partial charge in [0.1, 0.15) is 0 Å². The van der Waals surface area contributed by atoms with E-state index in [2.05, 4.69) is 12.2 Å². The molecular weight excluding hydrogens is 182 g/mol. The summed E-state index contributed by atoms with van der Waals surface area (Å²) in [5, 5.41) is 3.51. The van der Waals surface area contributed by atoms with Crippen molar-refractivity contribution in [3.8, 4) is 0 Å².